The molecule has 0 aromatic heterocycles. The maximum Gasteiger partial charge on any atom is 0.300 e. The van der Waals surface area contributed by atoms with Crippen LogP contribution in [0.5, 0.6) is 0 Å². The fraction of sp³-hybridized carbons (Fsp3) is 0.857. The maximum atomic E-state index is 9.00. The van der Waals surface area contributed by atoms with Crippen LogP contribution in [0.15, 0.2) is 0 Å². The van der Waals surface area contributed by atoms with E-state index in [4.69, 9.17) is 15.6 Å². The van der Waals surface area contributed by atoms with Gasteiger partial charge in [0.05, 0.1) is 0 Å². The zero-order valence-corrected chi connectivity index (χ0v) is 6.34. The Balaban J connectivity index is 0.000000180. The SMILES string of the molecule is CC(=O)O.NC1CCCC1. The van der Waals surface area contributed by atoms with E-state index in [-0.39, 0.29) is 0 Å². The van der Waals surface area contributed by atoms with E-state index in [1.165, 1.54) is 25.7 Å². The van der Waals surface area contributed by atoms with Gasteiger partial charge in [0.2, 0.25) is 0 Å². The largest absolute Gasteiger partial charge is 0.481 e. The number of rotatable bonds is 0. The predicted molar refractivity (Wildman–Crippen MR) is 39.8 cm³/mol. The number of carboxylic acids is 1. The van der Waals surface area contributed by atoms with Crippen LogP contribution in [0.1, 0.15) is 32.6 Å². The fourth-order valence-electron chi connectivity index (χ4n) is 0.957. The Labute approximate surface area is 61.2 Å². The first-order valence-corrected chi connectivity index (χ1v) is 3.58. The Hall–Kier alpha value is -0.570. The minimum Gasteiger partial charge on any atom is -0.481 e. The summed E-state index contributed by atoms with van der Waals surface area (Å²) in [5, 5.41) is 7.42. The second-order valence-corrected chi connectivity index (χ2v) is 2.56. The van der Waals surface area contributed by atoms with Crippen molar-refractivity contribution in [1.29, 1.82) is 0 Å². The van der Waals surface area contributed by atoms with Gasteiger partial charge < -0.3 is 10.8 Å². The van der Waals surface area contributed by atoms with Crippen LogP contribution in [0, 0.1) is 0 Å². The number of aliphatic carboxylic acids is 1. The van der Waals surface area contributed by atoms with Gasteiger partial charge in [0.25, 0.3) is 5.97 Å². The molecule has 0 aliphatic heterocycles. The van der Waals surface area contributed by atoms with Crippen molar-refractivity contribution >= 4 is 5.97 Å². The summed E-state index contributed by atoms with van der Waals surface area (Å²) in [6.07, 6.45) is 5.25. The molecule has 3 N–H and O–H groups in total. The molecule has 0 spiro atoms. The van der Waals surface area contributed by atoms with E-state index in [0.29, 0.717) is 6.04 Å². The van der Waals surface area contributed by atoms with Crippen LogP contribution in [0.4, 0.5) is 0 Å². The van der Waals surface area contributed by atoms with E-state index in [0.717, 1.165) is 6.92 Å². The van der Waals surface area contributed by atoms with Gasteiger partial charge >= 0.3 is 0 Å². The lowest BCUT2D eigenvalue weighted by Gasteiger charge is -1.92. The summed E-state index contributed by atoms with van der Waals surface area (Å²) in [6, 6.07) is 0.546. The monoisotopic (exact) mass is 145 g/mol. The first kappa shape index (κ1) is 9.43. The topological polar surface area (TPSA) is 63.3 Å². The Morgan fingerprint density at radius 2 is 1.80 bits per heavy atom. The Bertz CT molecular complexity index is 93.8. The molecular weight excluding hydrogens is 130 g/mol. The Morgan fingerprint density at radius 3 is 1.90 bits per heavy atom. The standard InChI is InChI=1S/C5H11N.C2H4O2/c6-5-3-1-2-4-5;1-2(3)4/h5H,1-4,6H2;1H3,(H,3,4). The molecule has 3 nitrogen and oxygen atoms in total. The zero-order valence-electron chi connectivity index (χ0n) is 6.34. The molecule has 0 amide bonds. The molecule has 1 fully saturated rings. The fourth-order valence-corrected chi connectivity index (χ4v) is 0.957. The Kier molecular flexibility index (Phi) is 4.94. The molecule has 1 aliphatic rings. The van der Waals surface area contributed by atoms with Crippen molar-refractivity contribution in [1.82, 2.24) is 0 Å². The molecule has 1 rings (SSSR count). The highest BCUT2D eigenvalue weighted by Gasteiger charge is 2.07. The smallest absolute Gasteiger partial charge is 0.300 e. The van der Waals surface area contributed by atoms with E-state index < -0.39 is 5.97 Å². The van der Waals surface area contributed by atoms with Crippen LogP contribution in [0.2, 0.25) is 0 Å². The number of hydrogen-bond donors (Lipinski definition) is 2. The van der Waals surface area contributed by atoms with Crippen LogP contribution < -0.4 is 5.73 Å². The average Bonchev–Trinajstić information content (AvgIpc) is 2.15. The van der Waals surface area contributed by atoms with Crippen molar-refractivity contribution in [3.63, 3.8) is 0 Å². The van der Waals surface area contributed by atoms with Gasteiger partial charge in [0.15, 0.2) is 0 Å². The molecule has 0 aromatic rings. The first-order valence-electron chi connectivity index (χ1n) is 3.58. The highest BCUT2D eigenvalue weighted by Crippen LogP contribution is 2.14. The van der Waals surface area contributed by atoms with Gasteiger partial charge in [-0.05, 0) is 12.8 Å². The van der Waals surface area contributed by atoms with E-state index in [1.807, 2.05) is 0 Å². The predicted octanol–water partition coefficient (Wildman–Crippen LogP) is 0.979. The normalized spacial score (nSPS) is 17.8. The highest BCUT2D eigenvalue weighted by molar-refractivity contribution is 5.62. The first-order chi connectivity index (χ1) is 4.63. The van der Waals surface area contributed by atoms with Gasteiger partial charge in [-0.25, -0.2) is 0 Å². The third-order valence-corrected chi connectivity index (χ3v) is 1.40. The van der Waals surface area contributed by atoms with Gasteiger partial charge in [-0.3, -0.25) is 4.79 Å². The summed E-state index contributed by atoms with van der Waals surface area (Å²) < 4.78 is 0. The molecule has 0 aromatic carbocycles. The lowest BCUT2D eigenvalue weighted by Crippen LogP contribution is -2.13. The molecule has 0 heterocycles. The summed E-state index contributed by atoms with van der Waals surface area (Å²) >= 11 is 0. The van der Waals surface area contributed by atoms with Crippen LogP contribution in [-0.4, -0.2) is 17.1 Å². The number of hydrogen-bond acceptors (Lipinski definition) is 2. The minimum absolute atomic E-state index is 0.546. The van der Waals surface area contributed by atoms with Crippen molar-refractivity contribution in [2.75, 3.05) is 0 Å². The van der Waals surface area contributed by atoms with E-state index in [1.54, 1.807) is 0 Å². The van der Waals surface area contributed by atoms with Crippen LogP contribution in [0.25, 0.3) is 0 Å². The lowest BCUT2D eigenvalue weighted by molar-refractivity contribution is -0.134. The molecule has 60 valence electrons. The molecule has 0 radical (unpaired) electrons. The zero-order chi connectivity index (χ0) is 7.98. The van der Waals surface area contributed by atoms with Gasteiger partial charge in [0, 0.05) is 13.0 Å². The molecule has 1 saturated carbocycles. The molecule has 1 aliphatic carbocycles. The molecule has 0 unspecified atom stereocenters. The van der Waals surface area contributed by atoms with Crippen molar-refractivity contribution in [2.24, 2.45) is 5.73 Å². The van der Waals surface area contributed by atoms with Crippen molar-refractivity contribution in [2.45, 2.75) is 38.6 Å². The summed E-state index contributed by atoms with van der Waals surface area (Å²) in [7, 11) is 0. The summed E-state index contributed by atoms with van der Waals surface area (Å²) in [5.41, 5.74) is 5.53. The number of carbonyl (C=O) groups is 1. The minimum atomic E-state index is -0.833. The van der Waals surface area contributed by atoms with Gasteiger partial charge in [-0.15, -0.1) is 0 Å². The van der Waals surface area contributed by atoms with E-state index >= 15 is 0 Å². The molecule has 0 saturated heterocycles. The van der Waals surface area contributed by atoms with Crippen molar-refractivity contribution in [3.8, 4) is 0 Å². The molecule has 0 bridgehead atoms. The van der Waals surface area contributed by atoms with E-state index in [9.17, 15) is 0 Å². The number of nitrogens with two attached hydrogens (primary N) is 1. The quantitative estimate of drug-likeness (QED) is 0.534. The van der Waals surface area contributed by atoms with Crippen molar-refractivity contribution < 1.29 is 9.90 Å². The molecule has 3 heteroatoms. The van der Waals surface area contributed by atoms with Gasteiger partial charge in [-0.1, -0.05) is 12.8 Å². The maximum absolute atomic E-state index is 9.00. The van der Waals surface area contributed by atoms with Crippen LogP contribution in [0.3, 0.4) is 0 Å². The summed E-state index contributed by atoms with van der Waals surface area (Å²) in [5.74, 6) is -0.833. The van der Waals surface area contributed by atoms with Crippen LogP contribution in [-0.2, 0) is 4.79 Å². The second kappa shape index (κ2) is 5.23. The average molecular weight is 145 g/mol. The lowest BCUT2D eigenvalue weighted by atomic mass is 10.3. The highest BCUT2D eigenvalue weighted by atomic mass is 16.4. The van der Waals surface area contributed by atoms with Gasteiger partial charge in [-0.2, -0.15) is 0 Å². The van der Waals surface area contributed by atoms with Crippen molar-refractivity contribution in [3.05, 3.63) is 0 Å². The summed E-state index contributed by atoms with van der Waals surface area (Å²) in [4.78, 5) is 9.00. The third kappa shape index (κ3) is 7.43. The van der Waals surface area contributed by atoms with E-state index in [2.05, 4.69) is 0 Å². The molecule has 0 atom stereocenters. The third-order valence-electron chi connectivity index (χ3n) is 1.40. The molecular formula is C7H15NO2. The summed E-state index contributed by atoms with van der Waals surface area (Å²) in [6.45, 7) is 1.08. The molecule has 10 heavy (non-hydrogen) atoms. The van der Waals surface area contributed by atoms with Gasteiger partial charge in [0.1, 0.15) is 0 Å². The van der Waals surface area contributed by atoms with Crippen LogP contribution >= 0.6 is 0 Å². The second-order valence-electron chi connectivity index (χ2n) is 2.56. The Morgan fingerprint density at radius 1 is 1.50 bits per heavy atom. The number of carboxylic acid groups (broad SMARTS) is 1.